The SMILES string of the molecule is ONc1cc(Br)ccc1CBr. The second kappa shape index (κ2) is 4.09. The van der Waals surface area contributed by atoms with Crippen molar-refractivity contribution >= 4 is 37.5 Å². The molecule has 0 amide bonds. The Bertz CT molecular complexity index is 252. The van der Waals surface area contributed by atoms with E-state index in [9.17, 15) is 0 Å². The Morgan fingerprint density at radius 3 is 2.73 bits per heavy atom. The lowest BCUT2D eigenvalue weighted by Gasteiger charge is -2.04. The summed E-state index contributed by atoms with van der Waals surface area (Å²) in [6.07, 6.45) is 0. The molecule has 0 aromatic heterocycles. The average Bonchev–Trinajstić information content (AvgIpc) is 2.04. The van der Waals surface area contributed by atoms with Crippen molar-refractivity contribution in [2.45, 2.75) is 5.33 Å². The molecule has 2 N–H and O–H groups in total. The largest absolute Gasteiger partial charge is 0.291 e. The van der Waals surface area contributed by atoms with E-state index in [2.05, 4.69) is 37.3 Å². The van der Waals surface area contributed by atoms with Gasteiger partial charge in [0.15, 0.2) is 0 Å². The molecule has 2 nitrogen and oxygen atoms in total. The van der Waals surface area contributed by atoms with E-state index in [1.807, 2.05) is 18.2 Å². The van der Waals surface area contributed by atoms with Gasteiger partial charge in [-0.15, -0.1) is 0 Å². The topological polar surface area (TPSA) is 32.3 Å². The molecule has 0 saturated heterocycles. The van der Waals surface area contributed by atoms with Gasteiger partial charge in [-0.1, -0.05) is 37.9 Å². The highest BCUT2D eigenvalue weighted by atomic mass is 79.9. The van der Waals surface area contributed by atoms with Crippen LogP contribution in [-0.4, -0.2) is 5.21 Å². The molecule has 1 rings (SSSR count). The van der Waals surface area contributed by atoms with Gasteiger partial charge in [0.2, 0.25) is 0 Å². The molecule has 0 heterocycles. The van der Waals surface area contributed by atoms with Gasteiger partial charge in [0, 0.05) is 9.80 Å². The van der Waals surface area contributed by atoms with Crippen molar-refractivity contribution in [3.63, 3.8) is 0 Å². The van der Waals surface area contributed by atoms with Gasteiger partial charge in [0.05, 0.1) is 5.69 Å². The first-order valence-corrected chi connectivity index (χ1v) is 4.94. The zero-order chi connectivity index (χ0) is 8.27. The smallest absolute Gasteiger partial charge is 0.0653 e. The second-order valence-electron chi connectivity index (χ2n) is 2.05. The van der Waals surface area contributed by atoms with Crippen molar-refractivity contribution in [3.05, 3.63) is 28.2 Å². The van der Waals surface area contributed by atoms with Gasteiger partial charge >= 0.3 is 0 Å². The third-order valence-electron chi connectivity index (χ3n) is 1.34. The fourth-order valence-corrected chi connectivity index (χ4v) is 1.62. The summed E-state index contributed by atoms with van der Waals surface area (Å²) < 4.78 is 0.943. The molecule has 0 fully saturated rings. The first-order chi connectivity index (χ1) is 5.27. The summed E-state index contributed by atoms with van der Waals surface area (Å²) in [5.74, 6) is 0. The van der Waals surface area contributed by atoms with Crippen LogP contribution in [0.25, 0.3) is 0 Å². The highest BCUT2D eigenvalue weighted by molar-refractivity contribution is 9.10. The van der Waals surface area contributed by atoms with Crippen molar-refractivity contribution in [1.82, 2.24) is 0 Å². The van der Waals surface area contributed by atoms with Crippen molar-refractivity contribution < 1.29 is 5.21 Å². The summed E-state index contributed by atoms with van der Waals surface area (Å²) >= 11 is 6.61. The van der Waals surface area contributed by atoms with Gasteiger partial charge < -0.3 is 0 Å². The highest BCUT2D eigenvalue weighted by Gasteiger charge is 1.99. The van der Waals surface area contributed by atoms with Crippen LogP contribution in [0.2, 0.25) is 0 Å². The minimum absolute atomic E-state index is 0.719. The third-order valence-corrected chi connectivity index (χ3v) is 2.43. The molecule has 11 heavy (non-hydrogen) atoms. The molecule has 4 heteroatoms. The van der Waals surface area contributed by atoms with Crippen LogP contribution in [0.4, 0.5) is 5.69 Å². The van der Waals surface area contributed by atoms with Crippen LogP contribution in [0, 0.1) is 0 Å². The summed E-state index contributed by atoms with van der Waals surface area (Å²) in [5.41, 5.74) is 3.87. The monoisotopic (exact) mass is 279 g/mol. The molecule has 0 aliphatic rings. The lowest BCUT2D eigenvalue weighted by molar-refractivity contribution is 0.388. The molecule has 1 aromatic carbocycles. The van der Waals surface area contributed by atoms with Crippen molar-refractivity contribution in [2.24, 2.45) is 0 Å². The number of hydrogen-bond acceptors (Lipinski definition) is 2. The zero-order valence-electron chi connectivity index (χ0n) is 5.64. The molecule has 0 aliphatic carbocycles. The van der Waals surface area contributed by atoms with Gasteiger partial charge in [-0.2, -0.15) is 0 Å². The van der Waals surface area contributed by atoms with E-state index in [1.54, 1.807) is 0 Å². The van der Waals surface area contributed by atoms with Crippen LogP contribution in [0.5, 0.6) is 0 Å². The molecular weight excluding hydrogens is 274 g/mol. The van der Waals surface area contributed by atoms with E-state index >= 15 is 0 Å². The summed E-state index contributed by atoms with van der Waals surface area (Å²) in [4.78, 5) is 0. The third kappa shape index (κ3) is 2.18. The maximum Gasteiger partial charge on any atom is 0.0653 e. The maximum absolute atomic E-state index is 8.68. The Morgan fingerprint density at radius 1 is 1.45 bits per heavy atom. The molecule has 0 atom stereocenters. The van der Waals surface area contributed by atoms with E-state index in [1.165, 1.54) is 0 Å². The Hall–Kier alpha value is -0.0600. The van der Waals surface area contributed by atoms with Crippen molar-refractivity contribution in [2.75, 3.05) is 5.48 Å². The van der Waals surface area contributed by atoms with Gasteiger partial charge in [-0.25, -0.2) is 0 Å². The van der Waals surface area contributed by atoms with E-state index < -0.39 is 0 Å². The quantitative estimate of drug-likeness (QED) is 0.644. The lowest BCUT2D eigenvalue weighted by Crippen LogP contribution is -1.93. The average molecular weight is 281 g/mol. The molecule has 0 radical (unpaired) electrons. The molecule has 0 bridgehead atoms. The van der Waals surface area contributed by atoms with Crippen molar-refractivity contribution in [3.8, 4) is 0 Å². The fraction of sp³-hybridized carbons (Fsp3) is 0.143. The van der Waals surface area contributed by atoms with Gasteiger partial charge in [-0.05, 0) is 17.7 Å². The fourth-order valence-electron chi connectivity index (χ4n) is 0.769. The number of nitrogens with one attached hydrogen (secondary N) is 1. The second-order valence-corrected chi connectivity index (χ2v) is 3.52. The van der Waals surface area contributed by atoms with Crippen LogP contribution < -0.4 is 5.48 Å². The van der Waals surface area contributed by atoms with Gasteiger partial charge in [-0.3, -0.25) is 10.7 Å². The Balaban J connectivity index is 3.06. The first-order valence-electron chi connectivity index (χ1n) is 3.02. The number of hydrogen-bond donors (Lipinski definition) is 2. The minimum atomic E-state index is 0.719. The van der Waals surface area contributed by atoms with Crippen LogP contribution in [0.15, 0.2) is 22.7 Å². The standard InChI is InChI=1S/C7H7Br2NO/c8-4-5-1-2-6(9)3-7(5)10-11/h1-3,10-11H,4H2. The van der Waals surface area contributed by atoms with Crippen molar-refractivity contribution in [1.29, 1.82) is 0 Å². The summed E-state index contributed by atoms with van der Waals surface area (Å²) in [6.45, 7) is 0. The molecule has 1 aromatic rings. The Labute approximate surface area is 81.8 Å². The van der Waals surface area contributed by atoms with E-state index in [0.29, 0.717) is 0 Å². The maximum atomic E-state index is 8.68. The molecule has 0 aliphatic heterocycles. The molecule has 60 valence electrons. The number of anilines is 1. The van der Waals surface area contributed by atoms with Gasteiger partial charge in [0.1, 0.15) is 0 Å². The summed E-state index contributed by atoms with van der Waals surface area (Å²) in [5, 5.41) is 9.41. The number of alkyl halides is 1. The molecule has 0 spiro atoms. The zero-order valence-corrected chi connectivity index (χ0v) is 8.81. The Kier molecular flexibility index (Phi) is 3.36. The molecule has 0 saturated carbocycles. The number of rotatable bonds is 2. The predicted molar refractivity (Wildman–Crippen MR) is 52.2 cm³/mol. The normalized spacial score (nSPS) is 9.73. The van der Waals surface area contributed by atoms with E-state index in [0.717, 1.165) is 21.1 Å². The molecular formula is C7H7Br2NO. The van der Waals surface area contributed by atoms with E-state index in [4.69, 9.17) is 5.21 Å². The first kappa shape index (κ1) is 9.03. The number of benzene rings is 1. The van der Waals surface area contributed by atoms with Crippen LogP contribution in [0.1, 0.15) is 5.56 Å². The van der Waals surface area contributed by atoms with Crippen LogP contribution in [-0.2, 0) is 5.33 Å². The summed E-state index contributed by atoms with van der Waals surface area (Å²) in [6, 6.07) is 5.67. The van der Waals surface area contributed by atoms with Crippen LogP contribution in [0.3, 0.4) is 0 Å². The highest BCUT2D eigenvalue weighted by Crippen LogP contribution is 2.22. The lowest BCUT2D eigenvalue weighted by atomic mass is 10.2. The van der Waals surface area contributed by atoms with Crippen LogP contribution >= 0.6 is 31.9 Å². The number of halogens is 2. The minimum Gasteiger partial charge on any atom is -0.291 e. The predicted octanol–water partition coefficient (Wildman–Crippen LogP) is 3.15. The Morgan fingerprint density at radius 2 is 2.18 bits per heavy atom. The van der Waals surface area contributed by atoms with E-state index in [-0.39, 0.29) is 0 Å². The molecule has 0 unspecified atom stereocenters. The van der Waals surface area contributed by atoms with Gasteiger partial charge in [0.25, 0.3) is 0 Å². The summed E-state index contributed by atoms with van der Waals surface area (Å²) in [7, 11) is 0.